The zero-order valence-corrected chi connectivity index (χ0v) is 11.4. The fourth-order valence-corrected chi connectivity index (χ4v) is 2.80. The minimum Gasteiger partial charge on any atom is -0.308 e. The maximum absolute atomic E-state index is 4.42. The van der Waals surface area contributed by atoms with E-state index in [1.54, 1.807) is 12.4 Å². The van der Waals surface area contributed by atoms with Gasteiger partial charge in [-0.15, -0.1) is 0 Å². The minimum atomic E-state index is 0.251. The average molecular weight is 253 g/mol. The predicted molar refractivity (Wildman–Crippen MR) is 76.1 cm³/mol. The Balaban J connectivity index is 1.61. The Hall–Kier alpha value is -1.74. The number of fused-ring (bicyclic) bond motifs is 1. The Morgan fingerprint density at radius 3 is 2.84 bits per heavy atom. The third kappa shape index (κ3) is 2.38. The summed E-state index contributed by atoms with van der Waals surface area (Å²) in [6, 6.07) is 8.96. The summed E-state index contributed by atoms with van der Waals surface area (Å²) in [4.78, 5) is 8.71. The fourth-order valence-electron chi connectivity index (χ4n) is 2.80. The molecular weight excluding hydrogens is 234 g/mol. The Kier molecular flexibility index (Phi) is 3.30. The molecule has 1 aromatic carbocycles. The lowest BCUT2D eigenvalue weighted by molar-refractivity contribution is 0.481. The molecule has 0 amide bonds. The monoisotopic (exact) mass is 253 g/mol. The number of aryl methyl sites for hydroxylation is 1. The van der Waals surface area contributed by atoms with Crippen LogP contribution in [-0.4, -0.2) is 16.5 Å². The van der Waals surface area contributed by atoms with Crippen LogP contribution in [0, 0.1) is 6.92 Å². The van der Waals surface area contributed by atoms with Gasteiger partial charge in [-0.3, -0.25) is 9.97 Å². The molecule has 19 heavy (non-hydrogen) atoms. The largest absolute Gasteiger partial charge is 0.308 e. The number of benzene rings is 1. The van der Waals surface area contributed by atoms with Crippen molar-refractivity contribution in [3.05, 3.63) is 59.2 Å². The minimum absolute atomic E-state index is 0.251. The number of hydrogen-bond donors (Lipinski definition) is 1. The van der Waals surface area contributed by atoms with Gasteiger partial charge in [-0.2, -0.15) is 0 Å². The Morgan fingerprint density at radius 2 is 2.05 bits per heavy atom. The van der Waals surface area contributed by atoms with Crippen LogP contribution in [0.3, 0.4) is 0 Å². The molecule has 3 rings (SSSR count). The van der Waals surface area contributed by atoms with Crippen LogP contribution in [0.4, 0.5) is 0 Å². The molecule has 1 N–H and O–H groups in total. The quantitative estimate of drug-likeness (QED) is 0.910. The van der Waals surface area contributed by atoms with Crippen molar-refractivity contribution in [3.63, 3.8) is 0 Å². The van der Waals surface area contributed by atoms with Gasteiger partial charge in [0, 0.05) is 30.9 Å². The van der Waals surface area contributed by atoms with Gasteiger partial charge in [0.05, 0.1) is 11.4 Å². The van der Waals surface area contributed by atoms with Crippen LogP contribution in [0.15, 0.2) is 36.7 Å². The van der Waals surface area contributed by atoms with Gasteiger partial charge in [-0.25, -0.2) is 0 Å². The normalized spacial score (nSPS) is 18.5. The second-order valence-corrected chi connectivity index (χ2v) is 5.26. The van der Waals surface area contributed by atoms with Crippen LogP contribution >= 0.6 is 0 Å². The maximum Gasteiger partial charge on any atom is 0.0782 e. The summed E-state index contributed by atoms with van der Waals surface area (Å²) in [7, 11) is 0. The molecule has 1 aromatic heterocycles. The number of nitrogens with zero attached hydrogens (tertiary/aromatic N) is 2. The summed E-state index contributed by atoms with van der Waals surface area (Å²) in [5.41, 5.74) is 5.06. The molecule has 3 nitrogen and oxygen atoms in total. The summed E-state index contributed by atoms with van der Waals surface area (Å²) in [5.74, 6) is 0.649. The van der Waals surface area contributed by atoms with Gasteiger partial charge in [0.15, 0.2) is 0 Å². The molecule has 0 saturated carbocycles. The summed E-state index contributed by atoms with van der Waals surface area (Å²) < 4.78 is 0. The van der Waals surface area contributed by atoms with Crippen molar-refractivity contribution in [2.45, 2.75) is 32.2 Å². The lowest BCUT2D eigenvalue weighted by Gasteiger charge is -2.31. The smallest absolute Gasteiger partial charge is 0.0782 e. The summed E-state index contributed by atoms with van der Waals surface area (Å²) in [6.07, 6.45) is 4.70. The number of rotatable bonds is 4. The van der Waals surface area contributed by atoms with E-state index in [0.29, 0.717) is 5.92 Å². The first kappa shape index (κ1) is 12.3. The Bertz CT molecular complexity index is 580. The molecule has 1 aliphatic carbocycles. The molecule has 1 aliphatic rings. The molecular formula is C16H19N3. The second kappa shape index (κ2) is 5.10. The average Bonchev–Trinajstić information content (AvgIpc) is 2.40. The zero-order valence-electron chi connectivity index (χ0n) is 11.4. The van der Waals surface area contributed by atoms with Crippen LogP contribution in [0.1, 0.15) is 41.4 Å². The second-order valence-electron chi connectivity index (χ2n) is 5.26. The molecule has 2 unspecified atom stereocenters. The van der Waals surface area contributed by atoms with Gasteiger partial charge < -0.3 is 5.32 Å². The third-order valence-electron chi connectivity index (χ3n) is 3.96. The van der Waals surface area contributed by atoms with E-state index >= 15 is 0 Å². The molecule has 0 fully saturated rings. The lowest BCUT2D eigenvalue weighted by Crippen LogP contribution is -2.31. The number of aromatic nitrogens is 2. The van der Waals surface area contributed by atoms with E-state index in [1.165, 1.54) is 17.5 Å². The van der Waals surface area contributed by atoms with E-state index in [-0.39, 0.29) is 6.04 Å². The molecule has 0 aliphatic heterocycles. The van der Waals surface area contributed by atoms with E-state index < -0.39 is 0 Å². The van der Waals surface area contributed by atoms with Crippen molar-refractivity contribution >= 4 is 0 Å². The SMILES string of the molecule is Cc1nccnc1C(C)NCC1Cc2ccccc21. The maximum atomic E-state index is 4.42. The Morgan fingerprint density at radius 1 is 1.26 bits per heavy atom. The molecule has 0 radical (unpaired) electrons. The van der Waals surface area contributed by atoms with Gasteiger partial charge >= 0.3 is 0 Å². The van der Waals surface area contributed by atoms with E-state index in [0.717, 1.165) is 17.9 Å². The van der Waals surface area contributed by atoms with Gasteiger partial charge in [-0.05, 0) is 31.4 Å². The summed E-state index contributed by atoms with van der Waals surface area (Å²) in [5, 5.41) is 3.58. The first-order chi connectivity index (χ1) is 9.25. The first-order valence-electron chi connectivity index (χ1n) is 6.84. The van der Waals surface area contributed by atoms with Crippen LogP contribution in [0.5, 0.6) is 0 Å². The molecule has 0 bridgehead atoms. The molecule has 3 heteroatoms. The van der Waals surface area contributed by atoms with E-state index in [9.17, 15) is 0 Å². The highest BCUT2D eigenvalue weighted by molar-refractivity contribution is 5.40. The number of nitrogens with one attached hydrogen (secondary N) is 1. The lowest BCUT2D eigenvalue weighted by atomic mass is 9.77. The summed E-state index contributed by atoms with van der Waals surface area (Å²) in [6.45, 7) is 5.18. The third-order valence-corrected chi connectivity index (χ3v) is 3.96. The predicted octanol–water partition coefficient (Wildman–Crippen LogP) is 2.78. The molecule has 2 aromatic rings. The van der Waals surface area contributed by atoms with Crippen molar-refractivity contribution in [2.24, 2.45) is 0 Å². The van der Waals surface area contributed by atoms with Crippen molar-refractivity contribution in [1.82, 2.24) is 15.3 Å². The van der Waals surface area contributed by atoms with Crippen molar-refractivity contribution in [3.8, 4) is 0 Å². The molecule has 1 heterocycles. The molecule has 2 atom stereocenters. The van der Waals surface area contributed by atoms with Crippen LogP contribution in [0.2, 0.25) is 0 Å². The fraction of sp³-hybridized carbons (Fsp3) is 0.375. The Labute approximate surface area is 114 Å². The highest BCUT2D eigenvalue weighted by Crippen LogP contribution is 2.34. The van der Waals surface area contributed by atoms with E-state index in [2.05, 4.69) is 46.5 Å². The molecule has 0 spiro atoms. The van der Waals surface area contributed by atoms with Crippen molar-refractivity contribution in [2.75, 3.05) is 6.54 Å². The van der Waals surface area contributed by atoms with Gasteiger partial charge in [0.2, 0.25) is 0 Å². The van der Waals surface area contributed by atoms with Crippen LogP contribution in [0.25, 0.3) is 0 Å². The van der Waals surface area contributed by atoms with Crippen molar-refractivity contribution < 1.29 is 0 Å². The summed E-state index contributed by atoms with van der Waals surface area (Å²) >= 11 is 0. The number of hydrogen-bond acceptors (Lipinski definition) is 3. The molecule has 0 saturated heterocycles. The zero-order chi connectivity index (χ0) is 13.2. The van der Waals surface area contributed by atoms with Crippen molar-refractivity contribution in [1.29, 1.82) is 0 Å². The van der Waals surface area contributed by atoms with Gasteiger partial charge in [0.1, 0.15) is 0 Å². The standard InChI is InChI=1S/C16H19N3/c1-11-16(18-8-7-17-11)12(2)19-10-14-9-13-5-3-4-6-15(13)14/h3-8,12,14,19H,9-10H2,1-2H3. The molecule has 98 valence electrons. The highest BCUT2D eigenvalue weighted by Gasteiger charge is 2.25. The van der Waals surface area contributed by atoms with E-state index in [4.69, 9.17) is 0 Å². The van der Waals surface area contributed by atoms with Crippen LogP contribution < -0.4 is 5.32 Å². The van der Waals surface area contributed by atoms with Crippen LogP contribution in [-0.2, 0) is 6.42 Å². The van der Waals surface area contributed by atoms with E-state index in [1.807, 2.05) is 6.92 Å². The van der Waals surface area contributed by atoms with Gasteiger partial charge in [0.25, 0.3) is 0 Å². The van der Waals surface area contributed by atoms with Gasteiger partial charge in [-0.1, -0.05) is 24.3 Å². The first-order valence-corrected chi connectivity index (χ1v) is 6.84. The highest BCUT2D eigenvalue weighted by atomic mass is 15.0. The topological polar surface area (TPSA) is 37.8 Å².